The molecule has 0 bridgehead atoms. The monoisotopic (exact) mass is 479 g/mol. The van der Waals surface area contributed by atoms with E-state index in [-0.39, 0.29) is 12.5 Å². The summed E-state index contributed by atoms with van der Waals surface area (Å²) in [5, 5.41) is 4.87. The van der Waals surface area contributed by atoms with Crippen LogP contribution in [0.2, 0.25) is 0 Å². The van der Waals surface area contributed by atoms with E-state index in [0.717, 1.165) is 40.2 Å². The Bertz CT molecular complexity index is 1420. The molecule has 0 fully saturated rings. The summed E-state index contributed by atoms with van der Waals surface area (Å²) in [6.07, 6.45) is 4.29. The standard InChI is InChI=1S/C29H29N5O2/c1-20-9-10-24(15-21(20)2)26-16-27(23-7-5-4-6-8-23)34(32-26)18-29(35)33-13-11-22(12-14-33)25-17-28(36-3)31-19-30-25/h4-11,15-17,19H,12-14,18H2,1-3H3. The van der Waals surface area contributed by atoms with E-state index in [1.165, 1.54) is 17.5 Å². The molecule has 36 heavy (non-hydrogen) atoms. The zero-order valence-corrected chi connectivity index (χ0v) is 20.8. The van der Waals surface area contributed by atoms with Crippen LogP contribution in [0.5, 0.6) is 5.88 Å². The first kappa shape index (κ1) is 23.5. The second-order valence-corrected chi connectivity index (χ2v) is 9.00. The fourth-order valence-electron chi connectivity index (χ4n) is 4.40. The van der Waals surface area contributed by atoms with Gasteiger partial charge in [-0.1, -0.05) is 48.5 Å². The van der Waals surface area contributed by atoms with E-state index in [9.17, 15) is 4.79 Å². The molecule has 3 heterocycles. The molecule has 0 saturated heterocycles. The number of methoxy groups -OCH3 is 1. The van der Waals surface area contributed by atoms with Crippen LogP contribution in [-0.2, 0) is 11.3 Å². The van der Waals surface area contributed by atoms with E-state index in [1.807, 2.05) is 46.0 Å². The number of carbonyl (C=O) groups is 1. The summed E-state index contributed by atoms with van der Waals surface area (Å²) in [6.45, 7) is 5.55. The Balaban J connectivity index is 1.38. The van der Waals surface area contributed by atoms with Crippen molar-refractivity contribution in [1.29, 1.82) is 0 Å². The molecular weight excluding hydrogens is 450 g/mol. The summed E-state index contributed by atoms with van der Waals surface area (Å²) in [6, 6.07) is 20.3. The van der Waals surface area contributed by atoms with E-state index < -0.39 is 0 Å². The molecule has 2 aromatic carbocycles. The Labute approximate surface area is 211 Å². The van der Waals surface area contributed by atoms with Gasteiger partial charge in [-0.15, -0.1) is 0 Å². The van der Waals surface area contributed by atoms with E-state index in [0.29, 0.717) is 19.0 Å². The molecule has 4 aromatic rings. The van der Waals surface area contributed by atoms with Gasteiger partial charge in [0.05, 0.1) is 24.2 Å². The average Bonchev–Trinajstić information content (AvgIpc) is 3.34. The highest BCUT2D eigenvalue weighted by molar-refractivity contribution is 5.79. The van der Waals surface area contributed by atoms with Crippen molar-refractivity contribution in [3.05, 3.63) is 89.9 Å². The maximum absolute atomic E-state index is 13.3. The summed E-state index contributed by atoms with van der Waals surface area (Å²) >= 11 is 0. The van der Waals surface area contributed by atoms with Crippen LogP contribution >= 0.6 is 0 Å². The first-order valence-electron chi connectivity index (χ1n) is 12.1. The summed E-state index contributed by atoms with van der Waals surface area (Å²) in [5.74, 6) is 0.573. The van der Waals surface area contributed by atoms with E-state index in [2.05, 4.69) is 54.2 Å². The fourth-order valence-corrected chi connectivity index (χ4v) is 4.40. The second-order valence-electron chi connectivity index (χ2n) is 9.00. The Kier molecular flexibility index (Phi) is 6.62. The molecule has 182 valence electrons. The molecule has 0 N–H and O–H groups in total. The quantitative estimate of drug-likeness (QED) is 0.391. The maximum Gasteiger partial charge on any atom is 0.244 e. The number of nitrogens with zero attached hydrogens (tertiary/aromatic N) is 5. The normalized spacial score (nSPS) is 13.4. The number of rotatable bonds is 6. The van der Waals surface area contributed by atoms with Crippen molar-refractivity contribution in [1.82, 2.24) is 24.6 Å². The SMILES string of the molecule is COc1cc(C2=CCN(C(=O)Cn3nc(-c4ccc(C)c(C)c4)cc3-c3ccccc3)CC2)ncn1. The highest BCUT2D eigenvalue weighted by atomic mass is 16.5. The van der Waals surface area contributed by atoms with Gasteiger partial charge in [0.25, 0.3) is 0 Å². The minimum absolute atomic E-state index is 0.0393. The summed E-state index contributed by atoms with van der Waals surface area (Å²) in [5.41, 5.74) is 8.28. The number of carbonyl (C=O) groups excluding carboxylic acids is 1. The van der Waals surface area contributed by atoms with Crippen molar-refractivity contribution < 1.29 is 9.53 Å². The molecule has 0 radical (unpaired) electrons. The number of benzene rings is 2. The van der Waals surface area contributed by atoms with Crippen LogP contribution in [0.4, 0.5) is 0 Å². The van der Waals surface area contributed by atoms with E-state index >= 15 is 0 Å². The molecule has 2 aromatic heterocycles. The van der Waals surface area contributed by atoms with Gasteiger partial charge in [-0.05, 0) is 54.7 Å². The van der Waals surface area contributed by atoms with E-state index in [4.69, 9.17) is 9.84 Å². The number of aryl methyl sites for hydroxylation is 2. The van der Waals surface area contributed by atoms with Crippen LogP contribution in [-0.4, -0.2) is 50.8 Å². The minimum Gasteiger partial charge on any atom is -0.481 e. The molecule has 7 nitrogen and oxygen atoms in total. The van der Waals surface area contributed by atoms with Crippen LogP contribution in [0.1, 0.15) is 23.2 Å². The molecule has 1 amide bonds. The van der Waals surface area contributed by atoms with Crippen LogP contribution in [0.15, 0.2) is 73.1 Å². The third kappa shape index (κ3) is 4.91. The second kappa shape index (κ2) is 10.2. The zero-order valence-electron chi connectivity index (χ0n) is 20.8. The van der Waals surface area contributed by atoms with Crippen molar-refractivity contribution in [2.24, 2.45) is 0 Å². The van der Waals surface area contributed by atoms with Crippen molar-refractivity contribution in [3.63, 3.8) is 0 Å². The van der Waals surface area contributed by atoms with Gasteiger partial charge in [0.1, 0.15) is 12.9 Å². The summed E-state index contributed by atoms with van der Waals surface area (Å²) in [7, 11) is 1.59. The third-order valence-corrected chi connectivity index (χ3v) is 6.68. The fraction of sp³-hybridized carbons (Fsp3) is 0.241. The third-order valence-electron chi connectivity index (χ3n) is 6.68. The lowest BCUT2D eigenvalue weighted by atomic mass is 10.0. The highest BCUT2D eigenvalue weighted by Crippen LogP contribution is 2.28. The van der Waals surface area contributed by atoms with Gasteiger partial charge in [0.2, 0.25) is 11.8 Å². The Hall–Kier alpha value is -4.26. The first-order valence-corrected chi connectivity index (χ1v) is 12.1. The lowest BCUT2D eigenvalue weighted by Gasteiger charge is -2.26. The van der Waals surface area contributed by atoms with Crippen LogP contribution in [0.3, 0.4) is 0 Å². The Morgan fingerprint density at radius 3 is 2.50 bits per heavy atom. The molecular formula is C29H29N5O2. The lowest BCUT2D eigenvalue weighted by molar-refractivity contribution is -0.131. The molecule has 0 saturated carbocycles. The van der Waals surface area contributed by atoms with E-state index in [1.54, 1.807) is 7.11 Å². The molecule has 0 unspecified atom stereocenters. The number of hydrogen-bond acceptors (Lipinski definition) is 5. The maximum atomic E-state index is 13.3. The molecule has 1 aliphatic heterocycles. The predicted molar refractivity (Wildman–Crippen MR) is 140 cm³/mol. The summed E-state index contributed by atoms with van der Waals surface area (Å²) < 4.78 is 7.04. The number of aromatic nitrogens is 4. The van der Waals surface area contributed by atoms with Crippen molar-refractivity contribution >= 4 is 11.5 Å². The minimum atomic E-state index is 0.0393. The molecule has 0 aliphatic carbocycles. The zero-order chi connectivity index (χ0) is 25.1. The van der Waals surface area contributed by atoms with Gasteiger partial charge in [0, 0.05) is 24.7 Å². The summed E-state index contributed by atoms with van der Waals surface area (Å²) in [4.78, 5) is 23.6. The van der Waals surface area contributed by atoms with Gasteiger partial charge in [-0.25, -0.2) is 9.97 Å². The lowest BCUT2D eigenvalue weighted by Crippen LogP contribution is -2.37. The van der Waals surface area contributed by atoms with Gasteiger partial charge >= 0.3 is 0 Å². The average molecular weight is 480 g/mol. The van der Waals surface area contributed by atoms with Gasteiger partial charge < -0.3 is 9.64 Å². The molecule has 1 aliphatic rings. The smallest absolute Gasteiger partial charge is 0.244 e. The van der Waals surface area contributed by atoms with Crippen molar-refractivity contribution in [2.45, 2.75) is 26.8 Å². The van der Waals surface area contributed by atoms with Crippen LogP contribution in [0.25, 0.3) is 28.1 Å². The Morgan fingerprint density at radius 2 is 1.78 bits per heavy atom. The highest BCUT2D eigenvalue weighted by Gasteiger charge is 2.21. The molecule has 0 spiro atoms. The first-order chi connectivity index (χ1) is 17.5. The topological polar surface area (TPSA) is 73.1 Å². The van der Waals surface area contributed by atoms with Crippen molar-refractivity contribution in [2.75, 3.05) is 20.2 Å². The molecule has 7 heteroatoms. The predicted octanol–water partition coefficient (Wildman–Crippen LogP) is 4.95. The Morgan fingerprint density at radius 1 is 0.944 bits per heavy atom. The number of hydrogen-bond donors (Lipinski definition) is 0. The largest absolute Gasteiger partial charge is 0.481 e. The van der Waals surface area contributed by atoms with Crippen LogP contribution in [0, 0.1) is 13.8 Å². The molecule has 5 rings (SSSR count). The number of ether oxygens (including phenoxy) is 1. The van der Waals surface area contributed by atoms with Crippen molar-refractivity contribution in [3.8, 4) is 28.4 Å². The van der Waals surface area contributed by atoms with Gasteiger partial charge in [-0.3, -0.25) is 9.48 Å². The van der Waals surface area contributed by atoms with Crippen LogP contribution < -0.4 is 4.74 Å². The molecule has 0 atom stereocenters. The van der Waals surface area contributed by atoms with Gasteiger partial charge in [0.15, 0.2) is 0 Å². The number of amides is 1. The van der Waals surface area contributed by atoms with Gasteiger partial charge in [-0.2, -0.15) is 5.10 Å².